The van der Waals surface area contributed by atoms with Crippen molar-refractivity contribution in [2.75, 3.05) is 13.1 Å². The highest BCUT2D eigenvalue weighted by molar-refractivity contribution is 5.79. The molecule has 0 saturated carbocycles. The van der Waals surface area contributed by atoms with Gasteiger partial charge in [0.2, 0.25) is 5.91 Å². The number of amides is 1. The molecular formula is C8H13NO3. The minimum Gasteiger partial charge on any atom is -0.481 e. The van der Waals surface area contributed by atoms with Crippen LogP contribution in [-0.4, -0.2) is 35.0 Å². The van der Waals surface area contributed by atoms with E-state index < -0.39 is 5.97 Å². The van der Waals surface area contributed by atoms with E-state index in [9.17, 15) is 9.59 Å². The highest BCUT2D eigenvalue weighted by atomic mass is 16.4. The Morgan fingerprint density at radius 3 is 2.83 bits per heavy atom. The molecule has 0 spiro atoms. The van der Waals surface area contributed by atoms with Gasteiger partial charge >= 0.3 is 5.97 Å². The average molecular weight is 171 g/mol. The Hall–Kier alpha value is -1.06. The maximum atomic E-state index is 11.1. The quantitative estimate of drug-likeness (QED) is 0.665. The van der Waals surface area contributed by atoms with E-state index in [0.717, 1.165) is 0 Å². The standard InChI is InChI=1S/C8H13NO3/c1-2-9-5-6(3-7(9)10)4-8(11)12/h6H,2-5H2,1H3,(H,11,12). The summed E-state index contributed by atoms with van der Waals surface area (Å²) >= 11 is 0. The SMILES string of the molecule is CCN1CC(CC(=O)O)CC1=O. The van der Waals surface area contributed by atoms with Gasteiger partial charge in [0.25, 0.3) is 0 Å². The second-order valence-electron chi connectivity index (χ2n) is 3.10. The number of carboxylic acids is 1. The third kappa shape index (κ3) is 1.96. The van der Waals surface area contributed by atoms with E-state index in [4.69, 9.17) is 5.11 Å². The van der Waals surface area contributed by atoms with Gasteiger partial charge in [0.05, 0.1) is 6.42 Å². The van der Waals surface area contributed by atoms with Gasteiger partial charge < -0.3 is 10.0 Å². The number of carbonyl (C=O) groups is 2. The molecule has 68 valence electrons. The Labute approximate surface area is 71.2 Å². The zero-order valence-corrected chi connectivity index (χ0v) is 7.12. The zero-order valence-electron chi connectivity index (χ0n) is 7.12. The van der Waals surface area contributed by atoms with E-state index in [2.05, 4.69) is 0 Å². The molecule has 1 fully saturated rings. The smallest absolute Gasteiger partial charge is 0.303 e. The van der Waals surface area contributed by atoms with Gasteiger partial charge in [-0.3, -0.25) is 9.59 Å². The van der Waals surface area contributed by atoms with Crippen molar-refractivity contribution in [3.63, 3.8) is 0 Å². The number of likely N-dealkylation sites (tertiary alicyclic amines) is 1. The number of hydrogen-bond acceptors (Lipinski definition) is 2. The predicted molar refractivity (Wildman–Crippen MR) is 42.6 cm³/mol. The molecule has 1 saturated heterocycles. The molecular weight excluding hydrogens is 158 g/mol. The molecule has 12 heavy (non-hydrogen) atoms. The van der Waals surface area contributed by atoms with Crippen molar-refractivity contribution in [2.45, 2.75) is 19.8 Å². The van der Waals surface area contributed by atoms with Crippen molar-refractivity contribution >= 4 is 11.9 Å². The Bertz CT molecular complexity index is 202. The van der Waals surface area contributed by atoms with Crippen LogP contribution in [0.2, 0.25) is 0 Å². The maximum Gasteiger partial charge on any atom is 0.303 e. The van der Waals surface area contributed by atoms with E-state index in [1.54, 1.807) is 4.90 Å². The lowest BCUT2D eigenvalue weighted by atomic mass is 10.1. The maximum absolute atomic E-state index is 11.1. The summed E-state index contributed by atoms with van der Waals surface area (Å²) in [6.07, 6.45) is 0.516. The number of carbonyl (C=O) groups excluding carboxylic acids is 1. The Balaban J connectivity index is 2.43. The van der Waals surface area contributed by atoms with Crippen LogP contribution < -0.4 is 0 Å². The first-order valence-electron chi connectivity index (χ1n) is 4.13. The summed E-state index contributed by atoms with van der Waals surface area (Å²) in [6, 6.07) is 0. The minimum atomic E-state index is -0.814. The first kappa shape index (κ1) is 9.03. The number of rotatable bonds is 3. The molecule has 1 N–H and O–H groups in total. The lowest BCUT2D eigenvalue weighted by Gasteiger charge is -2.12. The summed E-state index contributed by atoms with van der Waals surface area (Å²) in [4.78, 5) is 23.2. The van der Waals surface area contributed by atoms with Gasteiger partial charge in [-0.25, -0.2) is 0 Å². The Morgan fingerprint density at radius 1 is 1.75 bits per heavy atom. The fourth-order valence-corrected chi connectivity index (χ4v) is 1.54. The van der Waals surface area contributed by atoms with Crippen molar-refractivity contribution in [3.05, 3.63) is 0 Å². The third-order valence-electron chi connectivity index (χ3n) is 2.14. The van der Waals surface area contributed by atoms with Crippen molar-refractivity contribution < 1.29 is 14.7 Å². The van der Waals surface area contributed by atoms with Crippen LogP contribution in [0.3, 0.4) is 0 Å². The Morgan fingerprint density at radius 2 is 2.42 bits per heavy atom. The summed E-state index contributed by atoms with van der Waals surface area (Å²) in [6.45, 7) is 3.21. The van der Waals surface area contributed by atoms with Crippen LogP contribution in [0.25, 0.3) is 0 Å². The van der Waals surface area contributed by atoms with E-state index in [1.165, 1.54) is 0 Å². The molecule has 0 radical (unpaired) electrons. The molecule has 4 nitrogen and oxygen atoms in total. The fraction of sp³-hybridized carbons (Fsp3) is 0.750. The molecule has 1 heterocycles. The molecule has 1 unspecified atom stereocenters. The van der Waals surface area contributed by atoms with Gasteiger partial charge in [-0.15, -0.1) is 0 Å². The van der Waals surface area contributed by atoms with Crippen molar-refractivity contribution in [2.24, 2.45) is 5.92 Å². The van der Waals surface area contributed by atoms with E-state index in [0.29, 0.717) is 19.5 Å². The van der Waals surface area contributed by atoms with Gasteiger partial charge in [-0.05, 0) is 12.8 Å². The van der Waals surface area contributed by atoms with Crippen LogP contribution in [0.15, 0.2) is 0 Å². The zero-order chi connectivity index (χ0) is 9.14. The summed E-state index contributed by atoms with van der Waals surface area (Å²) in [5, 5.41) is 8.49. The van der Waals surface area contributed by atoms with Crippen LogP contribution in [0, 0.1) is 5.92 Å². The predicted octanol–water partition coefficient (Wildman–Crippen LogP) is 0.329. The van der Waals surface area contributed by atoms with E-state index in [1.807, 2.05) is 6.92 Å². The molecule has 4 heteroatoms. The second-order valence-corrected chi connectivity index (χ2v) is 3.10. The first-order valence-corrected chi connectivity index (χ1v) is 4.13. The molecule has 0 bridgehead atoms. The van der Waals surface area contributed by atoms with Crippen molar-refractivity contribution in [1.82, 2.24) is 4.90 Å². The van der Waals surface area contributed by atoms with Crippen LogP contribution in [0.5, 0.6) is 0 Å². The molecule has 1 rings (SSSR count). The molecule has 0 aromatic rings. The second kappa shape index (κ2) is 3.56. The molecule has 1 amide bonds. The fourth-order valence-electron chi connectivity index (χ4n) is 1.54. The van der Waals surface area contributed by atoms with Crippen LogP contribution in [0.4, 0.5) is 0 Å². The highest BCUT2D eigenvalue weighted by Gasteiger charge is 2.29. The van der Waals surface area contributed by atoms with Crippen LogP contribution in [0.1, 0.15) is 19.8 Å². The summed E-state index contributed by atoms with van der Waals surface area (Å²) in [5.74, 6) is -0.704. The van der Waals surface area contributed by atoms with E-state index in [-0.39, 0.29) is 18.2 Å². The van der Waals surface area contributed by atoms with Gasteiger partial charge in [0.15, 0.2) is 0 Å². The summed E-state index contributed by atoms with van der Waals surface area (Å²) in [7, 11) is 0. The normalized spacial score (nSPS) is 23.2. The largest absolute Gasteiger partial charge is 0.481 e. The number of hydrogen-bond donors (Lipinski definition) is 1. The van der Waals surface area contributed by atoms with Gasteiger partial charge in [-0.2, -0.15) is 0 Å². The van der Waals surface area contributed by atoms with Crippen molar-refractivity contribution in [1.29, 1.82) is 0 Å². The summed E-state index contributed by atoms with van der Waals surface area (Å²) < 4.78 is 0. The third-order valence-corrected chi connectivity index (χ3v) is 2.14. The monoisotopic (exact) mass is 171 g/mol. The molecule has 0 aliphatic carbocycles. The number of aliphatic carboxylic acids is 1. The van der Waals surface area contributed by atoms with Crippen LogP contribution >= 0.6 is 0 Å². The Kier molecular flexibility index (Phi) is 2.68. The topological polar surface area (TPSA) is 57.6 Å². The lowest BCUT2D eigenvalue weighted by Crippen LogP contribution is -2.24. The minimum absolute atomic E-state index is 0.0231. The molecule has 0 aromatic carbocycles. The lowest BCUT2D eigenvalue weighted by molar-refractivity contribution is -0.138. The first-order chi connectivity index (χ1) is 5.63. The molecule has 0 aromatic heterocycles. The van der Waals surface area contributed by atoms with Gasteiger partial charge in [0, 0.05) is 19.5 Å². The molecule has 1 aliphatic heterocycles. The van der Waals surface area contributed by atoms with Crippen molar-refractivity contribution in [3.8, 4) is 0 Å². The van der Waals surface area contributed by atoms with Gasteiger partial charge in [-0.1, -0.05) is 0 Å². The van der Waals surface area contributed by atoms with Gasteiger partial charge in [0.1, 0.15) is 0 Å². The molecule has 1 aliphatic rings. The van der Waals surface area contributed by atoms with E-state index >= 15 is 0 Å². The average Bonchev–Trinajstić information content (AvgIpc) is 2.29. The highest BCUT2D eigenvalue weighted by Crippen LogP contribution is 2.20. The number of carboxylic acid groups (broad SMARTS) is 1. The molecule has 1 atom stereocenters. The number of nitrogens with zero attached hydrogens (tertiary/aromatic N) is 1. The van der Waals surface area contributed by atoms with Crippen LogP contribution in [-0.2, 0) is 9.59 Å². The summed E-state index contributed by atoms with van der Waals surface area (Å²) in [5.41, 5.74) is 0.